The lowest BCUT2D eigenvalue weighted by Gasteiger charge is -2.35. The summed E-state index contributed by atoms with van der Waals surface area (Å²) in [6.07, 6.45) is 4.80. The Bertz CT molecular complexity index is 1760. The van der Waals surface area contributed by atoms with E-state index in [1.165, 1.54) is 0 Å². The Balaban J connectivity index is 0.00000357. The van der Waals surface area contributed by atoms with Gasteiger partial charge < -0.3 is 29.8 Å². The minimum atomic E-state index is -0.728. The highest BCUT2D eigenvalue weighted by Gasteiger charge is 2.33. The molecule has 10 heteroatoms. The minimum absolute atomic E-state index is 0. The van der Waals surface area contributed by atoms with E-state index in [0.29, 0.717) is 19.5 Å². The summed E-state index contributed by atoms with van der Waals surface area (Å²) in [6, 6.07) is 26.1. The molecule has 4 heterocycles. The Kier molecular flexibility index (Phi) is 9.37. The van der Waals surface area contributed by atoms with Gasteiger partial charge in [0.25, 0.3) is 0 Å². The third kappa shape index (κ3) is 6.55. The van der Waals surface area contributed by atoms with E-state index in [1.807, 2.05) is 59.6 Å². The standard InChI is InChI=1S/C35H38N6O3.ClH/c42-34(31(39-35(43)44-27-14-18-36-19-15-27)22-25-23-37-29-11-5-4-10-28(25)29)40-20-16-26(17-21-40)41-32-13-7-6-12-30(32)38-33(41)24-8-2-1-3-9-24;/h1-13,23,26-27,31,36-37H,14-22H2,(H,39,43);1H/t31-;/m1./s1. The number of carbonyl (C=O) groups is 2. The first kappa shape index (κ1) is 30.7. The second kappa shape index (κ2) is 13.7. The largest absolute Gasteiger partial charge is 0.446 e. The summed E-state index contributed by atoms with van der Waals surface area (Å²) in [7, 11) is 0. The molecule has 45 heavy (non-hydrogen) atoms. The normalized spacial score (nSPS) is 16.8. The SMILES string of the molecule is Cl.O=C(N[C@H](Cc1c[nH]c2ccccc12)C(=O)N1CCC(n2c(-c3ccccc3)nc3ccccc32)CC1)OC1CCNCC1. The van der Waals surface area contributed by atoms with Crippen molar-refractivity contribution in [2.45, 2.75) is 50.3 Å². The zero-order chi connectivity index (χ0) is 29.9. The number of benzene rings is 3. The molecule has 0 unspecified atom stereocenters. The number of likely N-dealkylation sites (tertiary alicyclic amines) is 1. The predicted octanol–water partition coefficient (Wildman–Crippen LogP) is 5.86. The van der Waals surface area contributed by atoms with Gasteiger partial charge in [-0.25, -0.2) is 9.78 Å². The molecule has 2 saturated heterocycles. The molecule has 9 nitrogen and oxygen atoms in total. The van der Waals surface area contributed by atoms with E-state index in [4.69, 9.17) is 9.72 Å². The molecule has 2 fully saturated rings. The molecular weight excluding hydrogens is 588 g/mol. The topological polar surface area (TPSA) is 104 Å². The van der Waals surface area contributed by atoms with Gasteiger partial charge in [0.05, 0.1) is 11.0 Å². The molecule has 2 aliphatic heterocycles. The van der Waals surface area contributed by atoms with Crippen molar-refractivity contribution in [3.8, 4) is 11.4 Å². The Morgan fingerprint density at radius 2 is 1.62 bits per heavy atom. The van der Waals surface area contributed by atoms with Crippen LogP contribution in [0, 0.1) is 0 Å². The number of nitrogens with one attached hydrogen (secondary N) is 3. The number of fused-ring (bicyclic) bond motifs is 2. The molecule has 7 rings (SSSR count). The number of amides is 2. The highest BCUT2D eigenvalue weighted by atomic mass is 35.5. The quantitative estimate of drug-likeness (QED) is 0.210. The maximum atomic E-state index is 14.1. The van der Waals surface area contributed by atoms with Crippen molar-refractivity contribution in [1.29, 1.82) is 0 Å². The van der Waals surface area contributed by atoms with E-state index in [9.17, 15) is 9.59 Å². The first-order valence-corrected chi connectivity index (χ1v) is 15.7. The van der Waals surface area contributed by atoms with Crippen LogP contribution in [0.4, 0.5) is 4.79 Å². The van der Waals surface area contributed by atoms with E-state index < -0.39 is 12.1 Å². The lowest BCUT2D eigenvalue weighted by molar-refractivity contribution is -0.134. The van der Waals surface area contributed by atoms with E-state index in [0.717, 1.165) is 77.7 Å². The highest BCUT2D eigenvalue weighted by Crippen LogP contribution is 2.33. The van der Waals surface area contributed by atoms with Crippen LogP contribution in [-0.4, -0.2) is 69.8 Å². The first-order chi connectivity index (χ1) is 21.6. The summed E-state index contributed by atoms with van der Waals surface area (Å²) in [5.74, 6) is 0.880. The number of carbonyl (C=O) groups excluding carboxylic acids is 2. The molecule has 2 amide bonds. The number of imidazole rings is 1. The molecule has 2 aromatic heterocycles. The van der Waals surface area contributed by atoms with Gasteiger partial charge in [-0.15, -0.1) is 12.4 Å². The molecule has 234 valence electrons. The van der Waals surface area contributed by atoms with Crippen LogP contribution in [-0.2, 0) is 16.0 Å². The van der Waals surface area contributed by atoms with E-state index in [2.05, 4.69) is 50.5 Å². The molecule has 3 aromatic carbocycles. The third-order valence-electron chi connectivity index (χ3n) is 9.02. The molecular formula is C35H39ClN6O3. The van der Waals surface area contributed by atoms with Crippen molar-refractivity contribution in [3.05, 3.63) is 90.6 Å². The van der Waals surface area contributed by atoms with E-state index >= 15 is 0 Å². The molecule has 0 spiro atoms. The van der Waals surface area contributed by atoms with Crippen LogP contribution in [0.5, 0.6) is 0 Å². The summed E-state index contributed by atoms with van der Waals surface area (Å²) >= 11 is 0. The number of hydrogen-bond donors (Lipinski definition) is 3. The average Bonchev–Trinajstić information content (AvgIpc) is 3.67. The van der Waals surface area contributed by atoms with Crippen LogP contribution < -0.4 is 10.6 Å². The number of alkyl carbamates (subject to hydrolysis) is 1. The van der Waals surface area contributed by atoms with Gasteiger partial charge in [0.2, 0.25) is 5.91 Å². The molecule has 0 radical (unpaired) electrons. The Labute approximate surface area is 268 Å². The second-order valence-electron chi connectivity index (χ2n) is 11.8. The fourth-order valence-corrected chi connectivity index (χ4v) is 6.73. The van der Waals surface area contributed by atoms with Crippen LogP contribution in [0.25, 0.3) is 33.3 Å². The van der Waals surface area contributed by atoms with Gasteiger partial charge in [-0.2, -0.15) is 0 Å². The number of para-hydroxylation sites is 3. The average molecular weight is 627 g/mol. The van der Waals surface area contributed by atoms with Gasteiger partial charge in [0, 0.05) is 48.2 Å². The van der Waals surface area contributed by atoms with Gasteiger partial charge in [0.15, 0.2) is 0 Å². The van der Waals surface area contributed by atoms with Crippen LogP contribution >= 0.6 is 12.4 Å². The van der Waals surface area contributed by atoms with Gasteiger partial charge >= 0.3 is 6.09 Å². The van der Waals surface area contributed by atoms with Crippen molar-refractivity contribution in [2.75, 3.05) is 26.2 Å². The Morgan fingerprint density at radius 1 is 0.911 bits per heavy atom. The maximum Gasteiger partial charge on any atom is 0.408 e. The molecule has 5 aromatic rings. The van der Waals surface area contributed by atoms with Gasteiger partial charge in [-0.3, -0.25) is 4.79 Å². The zero-order valence-corrected chi connectivity index (χ0v) is 26.0. The Morgan fingerprint density at radius 3 is 2.42 bits per heavy atom. The van der Waals surface area contributed by atoms with Crippen molar-refractivity contribution >= 4 is 46.3 Å². The van der Waals surface area contributed by atoms with Gasteiger partial charge in [-0.1, -0.05) is 60.7 Å². The summed E-state index contributed by atoms with van der Waals surface area (Å²) in [5, 5.41) is 7.30. The second-order valence-corrected chi connectivity index (χ2v) is 11.8. The fourth-order valence-electron chi connectivity index (χ4n) is 6.73. The minimum Gasteiger partial charge on any atom is -0.446 e. The maximum absolute atomic E-state index is 14.1. The van der Waals surface area contributed by atoms with Crippen molar-refractivity contribution in [2.24, 2.45) is 0 Å². The van der Waals surface area contributed by atoms with Crippen molar-refractivity contribution in [3.63, 3.8) is 0 Å². The van der Waals surface area contributed by atoms with Crippen LogP contribution in [0.1, 0.15) is 37.3 Å². The highest BCUT2D eigenvalue weighted by molar-refractivity contribution is 5.88. The lowest BCUT2D eigenvalue weighted by Crippen LogP contribution is -2.52. The number of piperidine rings is 2. The number of aromatic nitrogens is 3. The fraction of sp³-hybridized carbons (Fsp3) is 0.343. The summed E-state index contributed by atoms with van der Waals surface area (Å²) in [6.45, 7) is 2.84. The van der Waals surface area contributed by atoms with E-state index in [-0.39, 0.29) is 30.5 Å². The van der Waals surface area contributed by atoms with Gasteiger partial charge in [0.1, 0.15) is 18.0 Å². The number of H-pyrrole nitrogens is 1. The number of ether oxygens (including phenoxy) is 1. The molecule has 1 atom stereocenters. The van der Waals surface area contributed by atoms with Crippen molar-refractivity contribution in [1.82, 2.24) is 30.1 Å². The first-order valence-electron chi connectivity index (χ1n) is 15.7. The molecule has 3 N–H and O–H groups in total. The smallest absolute Gasteiger partial charge is 0.408 e. The van der Waals surface area contributed by atoms with E-state index in [1.54, 1.807) is 0 Å². The molecule has 0 aliphatic carbocycles. The monoisotopic (exact) mass is 626 g/mol. The number of halogens is 1. The molecule has 0 saturated carbocycles. The lowest BCUT2D eigenvalue weighted by atomic mass is 10.00. The molecule has 0 bridgehead atoms. The van der Waals surface area contributed by atoms with Crippen LogP contribution in [0.2, 0.25) is 0 Å². The van der Waals surface area contributed by atoms with Crippen LogP contribution in [0.15, 0.2) is 85.1 Å². The third-order valence-corrected chi connectivity index (χ3v) is 9.02. The summed E-state index contributed by atoms with van der Waals surface area (Å²) in [4.78, 5) is 37.4. The summed E-state index contributed by atoms with van der Waals surface area (Å²) in [5.41, 5.74) is 5.16. The number of rotatable bonds is 7. The Hall–Kier alpha value is -4.34. The predicted molar refractivity (Wildman–Crippen MR) is 179 cm³/mol. The molecule has 2 aliphatic rings. The van der Waals surface area contributed by atoms with Gasteiger partial charge in [-0.05, 0) is 62.5 Å². The van der Waals surface area contributed by atoms with Crippen LogP contribution in [0.3, 0.4) is 0 Å². The summed E-state index contributed by atoms with van der Waals surface area (Å²) < 4.78 is 8.10. The number of aromatic amines is 1. The number of hydrogen-bond acceptors (Lipinski definition) is 5. The zero-order valence-electron chi connectivity index (χ0n) is 25.2. The number of nitrogens with zero attached hydrogens (tertiary/aromatic N) is 3. The van der Waals surface area contributed by atoms with Crippen molar-refractivity contribution < 1.29 is 14.3 Å².